The van der Waals surface area contributed by atoms with Gasteiger partial charge in [0.05, 0.1) is 22.8 Å². The second-order valence-corrected chi connectivity index (χ2v) is 9.41. The third-order valence-corrected chi connectivity index (χ3v) is 7.70. The predicted molar refractivity (Wildman–Crippen MR) is 87.8 cm³/mol. The molecule has 7 heteroatoms. The first-order valence-corrected chi connectivity index (χ1v) is 9.31. The predicted octanol–water partition coefficient (Wildman–Crippen LogP) is 1.65. The van der Waals surface area contributed by atoms with Crippen molar-refractivity contribution in [3.63, 3.8) is 0 Å². The summed E-state index contributed by atoms with van der Waals surface area (Å²) < 4.78 is 17.4. The van der Waals surface area contributed by atoms with E-state index in [1.807, 2.05) is 0 Å². The molecule has 0 aromatic heterocycles. The van der Waals surface area contributed by atoms with Gasteiger partial charge in [0, 0.05) is 18.3 Å². The summed E-state index contributed by atoms with van der Waals surface area (Å²) in [7, 11) is 0. The van der Waals surface area contributed by atoms with E-state index in [0.717, 1.165) is 0 Å². The number of ether oxygens (including phenoxy) is 3. The summed E-state index contributed by atoms with van der Waals surface area (Å²) in [6, 6.07) is 0. The number of hydrogen-bond acceptors (Lipinski definition) is 6. The molecule has 6 nitrogen and oxygen atoms in total. The maximum absolute atomic E-state index is 12.3. The molecule has 2 heterocycles. The van der Waals surface area contributed by atoms with Crippen LogP contribution in [0.15, 0.2) is 0 Å². The summed E-state index contributed by atoms with van der Waals surface area (Å²) in [6.45, 7) is 8.96. The highest BCUT2D eigenvalue weighted by atomic mass is 35.5. The number of rotatable bonds is 1. The van der Waals surface area contributed by atoms with Crippen molar-refractivity contribution in [2.24, 2.45) is 23.2 Å². The molecule has 4 rings (SSSR count). The van der Waals surface area contributed by atoms with Gasteiger partial charge in [0.1, 0.15) is 23.9 Å². The van der Waals surface area contributed by atoms with E-state index in [1.54, 1.807) is 13.8 Å². The zero-order valence-corrected chi connectivity index (χ0v) is 15.9. The van der Waals surface area contributed by atoms with E-state index in [0.29, 0.717) is 6.42 Å². The molecule has 2 saturated heterocycles. The van der Waals surface area contributed by atoms with Gasteiger partial charge in [0.25, 0.3) is 0 Å². The molecule has 1 spiro atoms. The van der Waals surface area contributed by atoms with Crippen LogP contribution in [0.5, 0.6) is 0 Å². The minimum absolute atomic E-state index is 0.296. The van der Waals surface area contributed by atoms with E-state index in [4.69, 9.17) is 25.8 Å². The highest BCUT2D eigenvalue weighted by Crippen LogP contribution is 2.71. The van der Waals surface area contributed by atoms with Crippen molar-refractivity contribution in [2.45, 2.75) is 75.9 Å². The second kappa shape index (κ2) is 4.90. The van der Waals surface area contributed by atoms with E-state index < -0.39 is 46.0 Å². The lowest BCUT2D eigenvalue weighted by Crippen LogP contribution is -2.53. The Morgan fingerprint density at radius 3 is 2.60 bits per heavy atom. The third-order valence-electron chi connectivity index (χ3n) is 7.03. The molecule has 9 unspecified atom stereocenters. The summed E-state index contributed by atoms with van der Waals surface area (Å²) in [5.74, 6) is -1.90. The number of fused-ring (bicyclic) bond motifs is 2. The number of aliphatic hydroxyl groups is 1. The van der Waals surface area contributed by atoms with Crippen molar-refractivity contribution >= 4 is 23.5 Å². The summed E-state index contributed by atoms with van der Waals surface area (Å²) >= 11 is 6.53. The normalized spacial score (nSPS) is 55.5. The minimum atomic E-state index is -1.24. The Hall–Kier alpha value is -0.850. The van der Waals surface area contributed by atoms with Crippen LogP contribution in [0.2, 0.25) is 0 Å². The molecule has 0 aromatic carbocycles. The first-order valence-electron chi connectivity index (χ1n) is 8.87. The van der Waals surface area contributed by atoms with Crippen LogP contribution in [-0.2, 0) is 23.8 Å². The number of esters is 2. The van der Waals surface area contributed by atoms with Crippen LogP contribution >= 0.6 is 11.6 Å². The first-order chi connectivity index (χ1) is 11.4. The Morgan fingerprint density at radius 1 is 1.36 bits per heavy atom. The van der Waals surface area contributed by atoms with Crippen LogP contribution in [0.1, 0.15) is 41.0 Å². The van der Waals surface area contributed by atoms with Crippen LogP contribution in [0.3, 0.4) is 0 Å². The van der Waals surface area contributed by atoms with Crippen LogP contribution < -0.4 is 0 Å². The van der Waals surface area contributed by atoms with Crippen molar-refractivity contribution in [1.29, 1.82) is 0 Å². The lowest BCUT2D eigenvalue weighted by atomic mass is 9.68. The number of carbonyl (C=O) groups excluding carboxylic acids is 2. The van der Waals surface area contributed by atoms with Gasteiger partial charge in [-0.3, -0.25) is 9.59 Å². The van der Waals surface area contributed by atoms with Gasteiger partial charge in [-0.15, -0.1) is 11.6 Å². The number of epoxide rings is 1. The average molecular weight is 373 g/mol. The van der Waals surface area contributed by atoms with Gasteiger partial charge in [-0.1, -0.05) is 20.8 Å². The molecule has 0 bridgehead atoms. The maximum atomic E-state index is 12.3. The third kappa shape index (κ3) is 1.99. The Morgan fingerprint density at radius 2 is 2.00 bits per heavy atom. The fourth-order valence-corrected chi connectivity index (χ4v) is 6.25. The largest absolute Gasteiger partial charge is 0.462 e. The van der Waals surface area contributed by atoms with E-state index in [9.17, 15) is 14.7 Å². The van der Waals surface area contributed by atoms with E-state index in [2.05, 4.69) is 13.8 Å². The standard InChI is InChI=1S/C18H25ClO6/c1-7-10-9(23-8(2)20)6-16(3,4)18-12(11(10)24-15(7)21)17(5,22)13(19)14(18)25-18/h7,9-14,22H,6H2,1-5H3. The minimum Gasteiger partial charge on any atom is -0.462 e. The van der Waals surface area contributed by atoms with Gasteiger partial charge >= 0.3 is 11.9 Å². The van der Waals surface area contributed by atoms with Gasteiger partial charge in [0.15, 0.2) is 0 Å². The molecular weight excluding hydrogens is 348 g/mol. The average Bonchev–Trinajstić information content (AvgIpc) is 3.10. The summed E-state index contributed by atoms with van der Waals surface area (Å²) in [4.78, 5) is 24.0. The molecule has 25 heavy (non-hydrogen) atoms. The molecule has 1 N–H and O–H groups in total. The molecular formula is C18H25ClO6. The molecule has 2 aliphatic carbocycles. The molecule has 4 aliphatic rings. The van der Waals surface area contributed by atoms with Crippen molar-refractivity contribution in [1.82, 2.24) is 0 Å². The van der Waals surface area contributed by atoms with Crippen LogP contribution in [0.4, 0.5) is 0 Å². The number of alkyl halides is 1. The lowest BCUT2D eigenvalue weighted by Gasteiger charge is -2.41. The highest BCUT2D eigenvalue weighted by Gasteiger charge is 2.85. The van der Waals surface area contributed by atoms with Crippen LogP contribution in [-0.4, -0.2) is 51.9 Å². The maximum Gasteiger partial charge on any atom is 0.309 e. The fraction of sp³-hybridized carbons (Fsp3) is 0.889. The van der Waals surface area contributed by atoms with Crippen LogP contribution in [0.25, 0.3) is 0 Å². The van der Waals surface area contributed by atoms with Crippen molar-refractivity contribution < 1.29 is 28.9 Å². The lowest BCUT2D eigenvalue weighted by molar-refractivity contribution is -0.156. The Balaban J connectivity index is 1.85. The van der Waals surface area contributed by atoms with Crippen LogP contribution in [0, 0.1) is 23.2 Å². The Bertz CT molecular complexity index is 645. The van der Waals surface area contributed by atoms with Gasteiger partial charge in [-0.05, 0) is 13.3 Å². The van der Waals surface area contributed by atoms with Crippen molar-refractivity contribution in [2.75, 3.05) is 0 Å². The zero-order valence-electron chi connectivity index (χ0n) is 15.1. The van der Waals surface area contributed by atoms with E-state index in [1.165, 1.54) is 6.92 Å². The monoisotopic (exact) mass is 372 g/mol. The molecule has 4 fully saturated rings. The van der Waals surface area contributed by atoms with E-state index in [-0.39, 0.29) is 24.0 Å². The molecule has 9 atom stereocenters. The first kappa shape index (κ1) is 17.6. The number of carbonyl (C=O) groups is 2. The molecule has 140 valence electrons. The molecule has 2 saturated carbocycles. The number of hydrogen-bond donors (Lipinski definition) is 1. The Kier molecular flexibility index (Phi) is 3.44. The second-order valence-electron chi connectivity index (χ2n) is 8.94. The van der Waals surface area contributed by atoms with Gasteiger partial charge < -0.3 is 19.3 Å². The highest BCUT2D eigenvalue weighted by molar-refractivity contribution is 6.22. The quantitative estimate of drug-likeness (QED) is 0.428. The molecule has 2 aliphatic heterocycles. The summed E-state index contributed by atoms with van der Waals surface area (Å²) in [5, 5.41) is 10.6. The molecule has 0 amide bonds. The van der Waals surface area contributed by atoms with Crippen molar-refractivity contribution in [3.8, 4) is 0 Å². The number of halogens is 1. The zero-order chi connectivity index (χ0) is 18.5. The topological polar surface area (TPSA) is 85.4 Å². The molecule has 0 aromatic rings. The fourth-order valence-electron chi connectivity index (χ4n) is 5.88. The van der Waals surface area contributed by atoms with Crippen molar-refractivity contribution in [3.05, 3.63) is 0 Å². The Labute approximate surface area is 152 Å². The summed E-state index contributed by atoms with van der Waals surface area (Å²) in [6.07, 6.45) is -0.817. The van der Waals surface area contributed by atoms with Gasteiger partial charge in [-0.2, -0.15) is 0 Å². The smallest absolute Gasteiger partial charge is 0.309 e. The SMILES string of the molecule is CC(=O)OC1CC(C)(C)C23OC2C(Cl)C(C)(O)C3C2OC(=O)C(C)C12. The van der Waals surface area contributed by atoms with Gasteiger partial charge in [-0.25, -0.2) is 0 Å². The van der Waals surface area contributed by atoms with Gasteiger partial charge in [0.2, 0.25) is 0 Å². The van der Waals surface area contributed by atoms with E-state index >= 15 is 0 Å². The molecule has 0 radical (unpaired) electrons. The summed E-state index contributed by atoms with van der Waals surface area (Å²) in [5.41, 5.74) is -2.31.